The van der Waals surface area contributed by atoms with Crippen molar-refractivity contribution in [2.24, 2.45) is 0 Å². The Morgan fingerprint density at radius 2 is 1.55 bits per heavy atom. The first kappa shape index (κ1) is 35.2. The van der Waals surface area contributed by atoms with Gasteiger partial charge in [0.2, 0.25) is 5.88 Å². The summed E-state index contributed by atoms with van der Waals surface area (Å²) in [4.78, 5) is 1.73. The van der Waals surface area contributed by atoms with Gasteiger partial charge in [-0.15, -0.1) is 0 Å². The van der Waals surface area contributed by atoms with E-state index in [0.29, 0.717) is 54.3 Å². The molecule has 0 spiro atoms. The third kappa shape index (κ3) is 7.94. The number of ether oxygens (including phenoxy) is 1. The molecule has 6 rings (SSSR count). The number of fused-ring (bicyclic) bond motifs is 4. The Hall–Kier alpha value is -3.16. The van der Waals surface area contributed by atoms with Gasteiger partial charge in [0.1, 0.15) is 11.3 Å². The van der Waals surface area contributed by atoms with E-state index in [0.717, 1.165) is 38.1 Å². The molecule has 0 fully saturated rings. The van der Waals surface area contributed by atoms with E-state index in [1.54, 1.807) is 4.90 Å². The number of benzene rings is 4. The Bertz CT molecular complexity index is 2240. The molecule has 0 radical (unpaired) electrons. The zero-order valence-corrected chi connectivity index (χ0v) is 30.1. The smallest absolute Gasteiger partial charge is 0.748 e. The van der Waals surface area contributed by atoms with Crippen molar-refractivity contribution in [2.45, 2.75) is 44.8 Å². The second kappa shape index (κ2) is 14.1. The molecule has 5 aromatic rings. The van der Waals surface area contributed by atoms with Crippen molar-refractivity contribution in [1.82, 2.24) is 0 Å². The molecule has 2 heterocycles. The van der Waals surface area contributed by atoms with Crippen molar-refractivity contribution in [2.75, 3.05) is 17.2 Å². The van der Waals surface area contributed by atoms with Crippen molar-refractivity contribution < 1.29 is 64.7 Å². The summed E-state index contributed by atoms with van der Waals surface area (Å²) in [5.74, 6) is 1.26. The fourth-order valence-corrected chi connectivity index (χ4v) is 6.72. The monoisotopic (exact) mass is 683 g/mol. The molecule has 4 aromatic carbocycles. The molecule has 12 heteroatoms. The normalized spacial score (nSPS) is 15.3. The third-order valence-electron chi connectivity index (χ3n) is 8.33. The van der Waals surface area contributed by atoms with Crippen molar-refractivity contribution in [3.8, 4) is 5.75 Å². The number of anilines is 1. The van der Waals surface area contributed by atoms with Crippen LogP contribution in [0, 0.1) is 0 Å². The minimum atomic E-state index is -4.56. The number of nitrogens with zero attached hydrogens (tertiary/aromatic N) is 1. The Labute approximate surface area is 296 Å². The standard InChI is InChI=1S/C35H35NO8S2.Na/c1-3-24(17-35-36(22-23(2)46(40,41)42)31-19-26-11-5-7-13-28(26)21-34(31)44-35)16-32-29(14-8-9-15-45(37,38)39)30-18-25-10-4-6-12-27(25)20-33(30)43-32;/h4-7,10-13,16-21,23H,3,8-9,14-15,22H2,1-2H3,(H,37,38,39)(H,40,41,42);/q;+1/p-1/b24-16+,35-17-;. The van der Waals surface area contributed by atoms with Crippen LogP contribution in [0.5, 0.6) is 5.75 Å². The van der Waals surface area contributed by atoms with Gasteiger partial charge in [0.15, 0.2) is 5.75 Å². The summed E-state index contributed by atoms with van der Waals surface area (Å²) >= 11 is 0. The van der Waals surface area contributed by atoms with Gasteiger partial charge in [0.05, 0.1) is 26.8 Å². The first-order chi connectivity index (χ1) is 21.9. The minimum Gasteiger partial charge on any atom is -0.748 e. The number of hydrogen-bond acceptors (Lipinski definition) is 8. The van der Waals surface area contributed by atoms with E-state index < -0.39 is 25.5 Å². The molecule has 1 aromatic heterocycles. The zero-order valence-electron chi connectivity index (χ0n) is 26.5. The van der Waals surface area contributed by atoms with E-state index in [2.05, 4.69) is 6.07 Å². The molecule has 0 saturated heterocycles. The molecule has 0 saturated carbocycles. The average Bonchev–Trinajstić information content (AvgIpc) is 3.51. The molecule has 9 nitrogen and oxygen atoms in total. The van der Waals surface area contributed by atoms with Crippen LogP contribution in [0.1, 0.15) is 44.4 Å². The summed E-state index contributed by atoms with van der Waals surface area (Å²) in [5, 5.41) is 3.72. The molecular weight excluding hydrogens is 650 g/mol. The summed E-state index contributed by atoms with van der Waals surface area (Å²) < 4.78 is 80.4. The Kier molecular flexibility index (Phi) is 10.6. The molecule has 0 amide bonds. The molecule has 0 aliphatic carbocycles. The van der Waals surface area contributed by atoms with Crippen LogP contribution in [0.15, 0.2) is 94.7 Å². The molecule has 0 bridgehead atoms. The van der Waals surface area contributed by atoms with Crippen LogP contribution in [-0.4, -0.2) is 43.5 Å². The van der Waals surface area contributed by atoms with Gasteiger partial charge in [-0.05, 0) is 90.1 Å². The van der Waals surface area contributed by atoms with Crippen molar-refractivity contribution in [3.63, 3.8) is 0 Å². The van der Waals surface area contributed by atoms with E-state index in [1.807, 2.05) is 85.8 Å². The largest absolute Gasteiger partial charge is 1.00 e. The second-order valence-corrected chi connectivity index (χ2v) is 15.0. The molecule has 1 N–H and O–H groups in total. The molecule has 1 aliphatic heterocycles. The average molecular weight is 684 g/mol. The van der Waals surface area contributed by atoms with Gasteiger partial charge >= 0.3 is 29.6 Å². The number of aryl methyl sites for hydroxylation is 1. The van der Waals surface area contributed by atoms with Crippen LogP contribution in [0.2, 0.25) is 0 Å². The van der Waals surface area contributed by atoms with E-state index in [-0.39, 0.29) is 41.9 Å². The molecule has 1 unspecified atom stereocenters. The van der Waals surface area contributed by atoms with Crippen LogP contribution < -0.4 is 39.2 Å². The maximum absolute atomic E-state index is 11.9. The van der Waals surface area contributed by atoms with Crippen LogP contribution in [-0.2, 0) is 26.7 Å². The van der Waals surface area contributed by atoms with Crippen molar-refractivity contribution in [1.29, 1.82) is 0 Å². The Morgan fingerprint density at radius 3 is 2.17 bits per heavy atom. The van der Waals surface area contributed by atoms with Gasteiger partial charge in [0, 0.05) is 23.6 Å². The number of rotatable bonds is 11. The first-order valence-electron chi connectivity index (χ1n) is 15.1. The van der Waals surface area contributed by atoms with Gasteiger partial charge in [-0.2, -0.15) is 8.42 Å². The van der Waals surface area contributed by atoms with E-state index in [9.17, 15) is 25.9 Å². The van der Waals surface area contributed by atoms with E-state index >= 15 is 0 Å². The van der Waals surface area contributed by atoms with Crippen LogP contribution >= 0.6 is 0 Å². The number of furan rings is 1. The summed E-state index contributed by atoms with van der Waals surface area (Å²) in [6.45, 7) is 3.29. The number of unbranched alkanes of at least 4 members (excludes halogenated alkanes) is 1. The predicted molar refractivity (Wildman–Crippen MR) is 181 cm³/mol. The molecule has 47 heavy (non-hydrogen) atoms. The molecular formula is C35H34NNaO8S2. The molecule has 1 atom stereocenters. The molecule has 1 aliphatic rings. The van der Waals surface area contributed by atoms with Gasteiger partial charge < -0.3 is 18.6 Å². The van der Waals surface area contributed by atoms with Crippen LogP contribution in [0.3, 0.4) is 0 Å². The fraction of sp³-hybridized carbons (Fsp3) is 0.257. The Balaban J connectivity index is 0.00000433. The number of hydrogen-bond donors (Lipinski definition) is 1. The van der Waals surface area contributed by atoms with Crippen LogP contribution in [0.4, 0.5) is 5.69 Å². The van der Waals surface area contributed by atoms with Gasteiger partial charge in [-0.1, -0.05) is 55.5 Å². The van der Waals surface area contributed by atoms with Crippen molar-refractivity contribution >= 4 is 64.5 Å². The summed E-state index contributed by atoms with van der Waals surface area (Å²) in [6.07, 6.45) is 5.68. The maximum Gasteiger partial charge on any atom is 1.00 e. The quantitative estimate of drug-likeness (QED) is 0.122. The maximum atomic E-state index is 11.9. The van der Waals surface area contributed by atoms with E-state index in [1.165, 1.54) is 6.92 Å². The summed E-state index contributed by atoms with van der Waals surface area (Å²) in [6, 6.07) is 23.6. The first-order valence-corrected chi connectivity index (χ1v) is 18.2. The molecule has 240 valence electrons. The summed E-state index contributed by atoms with van der Waals surface area (Å²) in [7, 11) is -8.62. The van der Waals surface area contributed by atoms with E-state index in [4.69, 9.17) is 9.15 Å². The van der Waals surface area contributed by atoms with Crippen molar-refractivity contribution in [3.05, 3.63) is 102 Å². The number of allylic oxidation sites excluding steroid dienone is 2. The third-order valence-corrected chi connectivity index (χ3v) is 10.3. The fourth-order valence-electron chi connectivity index (χ4n) is 5.82. The topological polar surface area (TPSA) is 137 Å². The summed E-state index contributed by atoms with van der Waals surface area (Å²) in [5.41, 5.74) is 3.12. The second-order valence-electron chi connectivity index (χ2n) is 11.6. The van der Waals surface area contributed by atoms with Gasteiger partial charge in [-0.3, -0.25) is 4.55 Å². The van der Waals surface area contributed by atoms with Gasteiger partial charge in [-0.25, -0.2) is 8.42 Å². The minimum absolute atomic E-state index is 0. The van der Waals surface area contributed by atoms with Gasteiger partial charge in [0.25, 0.3) is 10.1 Å². The van der Waals surface area contributed by atoms with Crippen LogP contribution in [0.25, 0.3) is 38.6 Å². The Morgan fingerprint density at radius 1 is 0.936 bits per heavy atom. The zero-order chi connectivity index (χ0) is 32.6. The predicted octanol–water partition coefficient (Wildman–Crippen LogP) is 4.42. The SMILES string of the molecule is CCC(/C=C1\Oc2cc3ccccc3cc2N1CC(C)S(=O)(=O)[O-])=C\c1oc2cc3ccccc3cc2c1CCCCS(=O)(=O)O.[Na+].